The highest BCUT2D eigenvalue weighted by Gasteiger charge is 2.19. The molecule has 9 nitrogen and oxygen atoms in total. The average molecular weight is 406 g/mol. The second kappa shape index (κ2) is 6.82. The van der Waals surface area contributed by atoms with Crippen molar-refractivity contribution in [2.24, 2.45) is 0 Å². The van der Waals surface area contributed by atoms with Crippen LogP contribution in [0.25, 0.3) is 16.2 Å². The minimum atomic E-state index is -3.29. The lowest BCUT2D eigenvalue weighted by Gasteiger charge is -2.13. The summed E-state index contributed by atoms with van der Waals surface area (Å²) in [7, 11) is -3.29. The first-order valence-electron chi connectivity index (χ1n) is 8.33. The smallest absolute Gasteiger partial charge is 0.317 e. The van der Waals surface area contributed by atoms with Crippen LogP contribution in [0.2, 0.25) is 0 Å². The van der Waals surface area contributed by atoms with Crippen molar-refractivity contribution in [3.8, 4) is 11.3 Å². The molecule has 4 rings (SSSR count). The third-order valence-electron chi connectivity index (χ3n) is 4.25. The van der Waals surface area contributed by atoms with Crippen molar-refractivity contribution in [2.75, 3.05) is 37.8 Å². The second-order valence-electron chi connectivity index (χ2n) is 6.19. The molecule has 2 amide bonds. The molecule has 1 saturated heterocycles. The van der Waals surface area contributed by atoms with Crippen molar-refractivity contribution in [3.05, 3.63) is 30.5 Å². The number of benzene rings is 1. The summed E-state index contributed by atoms with van der Waals surface area (Å²) in [6.07, 6.45) is 2.86. The van der Waals surface area contributed by atoms with Crippen molar-refractivity contribution in [1.82, 2.24) is 24.8 Å². The Hall–Kier alpha value is -2.66. The first kappa shape index (κ1) is 17.7. The number of hydrogen-bond donors (Lipinski definition) is 2. The van der Waals surface area contributed by atoms with E-state index in [-0.39, 0.29) is 10.9 Å². The van der Waals surface area contributed by atoms with Gasteiger partial charge in [0.25, 0.3) is 0 Å². The zero-order valence-corrected chi connectivity index (χ0v) is 16.2. The number of fused-ring (bicyclic) bond motifs is 1. The molecule has 3 heterocycles. The van der Waals surface area contributed by atoms with E-state index < -0.39 is 9.84 Å². The second-order valence-corrected chi connectivity index (χ2v) is 9.16. The highest BCUT2D eigenvalue weighted by atomic mass is 32.2. The molecule has 3 aromatic rings. The summed E-state index contributed by atoms with van der Waals surface area (Å²) in [6, 6.07) is 6.68. The largest absolute Gasteiger partial charge is 0.358 e. The molecule has 142 valence electrons. The Morgan fingerprint density at radius 1 is 1.37 bits per heavy atom. The van der Waals surface area contributed by atoms with Gasteiger partial charge in [-0.05, 0) is 12.1 Å². The molecule has 11 heteroatoms. The van der Waals surface area contributed by atoms with Gasteiger partial charge < -0.3 is 15.5 Å². The van der Waals surface area contributed by atoms with Gasteiger partial charge >= 0.3 is 6.03 Å². The van der Waals surface area contributed by atoms with E-state index in [1.165, 1.54) is 17.6 Å². The normalized spacial score (nSPS) is 14.7. The third kappa shape index (κ3) is 3.60. The quantitative estimate of drug-likeness (QED) is 0.639. The molecule has 0 atom stereocenters. The Kier molecular flexibility index (Phi) is 4.48. The SMILES string of the molecule is CS(=O)(=O)c1cccc(-c2cnc3sc(NCCN4CCNC4=O)nn23)c1. The van der Waals surface area contributed by atoms with Crippen LogP contribution in [0.1, 0.15) is 0 Å². The highest BCUT2D eigenvalue weighted by molar-refractivity contribution is 7.90. The van der Waals surface area contributed by atoms with Gasteiger partial charge in [-0.2, -0.15) is 0 Å². The summed E-state index contributed by atoms with van der Waals surface area (Å²) in [5, 5.41) is 11.2. The molecule has 0 aliphatic carbocycles. The molecule has 0 spiro atoms. The van der Waals surface area contributed by atoms with Gasteiger partial charge in [-0.3, -0.25) is 0 Å². The van der Waals surface area contributed by atoms with Gasteiger partial charge in [0.05, 0.1) is 16.8 Å². The van der Waals surface area contributed by atoms with Gasteiger partial charge in [0.15, 0.2) is 9.84 Å². The molecule has 27 heavy (non-hydrogen) atoms. The molecule has 2 aromatic heterocycles. The Labute approximate surface area is 159 Å². The summed E-state index contributed by atoms with van der Waals surface area (Å²) in [6.45, 7) is 2.57. The number of aromatic nitrogens is 3. The van der Waals surface area contributed by atoms with Crippen LogP contribution in [-0.4, -0.2) is 66.4 Å². The fraction of sp³-hybridized carbons (Fsp3) is 0.312. The summed E-state index contributed by atoms with van der Waals surface area (Å²) < 4.78 is 25.3. The first-order valence-corrected chi connectivity index (χ1v) is 11.0. The van der Waals surface area contributed by atoms with E-state index >= 15 is 0 Å². The Balaban J connectivity index is 1.53. The molecule has 1 aromatic carbocycles. The summed E-state index contributed by atoms with van der Waals surface area (Å²) >= 11 is 1.40. The molecule has 0 unspecified atom stereocenters. The molecule has 2 N–H and O–H groups in total. The van der Waals surface area contributed by atoms with E-state index in [4.69, 9.17) is 0 Å². The van der Waals surface area contributed by atoms with Gasteiger partial charge in [-0.25, -0.2) is 22.7 Å². The van der Waals surface area contributed by atoms with E-state index in [1.54, 1.807) is 33.8 Å². The van der Waals surface area contributed by atoms with E-state index in [0.717, 1.165) is 11.3 Å². The lowest BCUT2D eigenvalue weighted by molar-refractivity contribution is 0.219. The topological polar surface area (TPSA) is 109 Å². The van der Waals surface area contributed by atoms with E-state index in [1.807, 2.05) is 6.07 Å². The fourth-order valence-electron chi connectivity index (χ4n) is 2.87. The minimum Gasteiger partial charge on any atom is -0.358 e. The van der Waals surface area contributed by atoms with Crippen molar-refractivity contribution in [1.29, 1.82) is 0 Å². The van der Waals surface area contributed by atoms with E-state index in [2.05, 4.69) is 20.7 Å². The molecule has 1 aliphatic rings. The zero-order chi connectivity index (χ0) is 19.0. The lowest BCUT2D eigenvalue weighted by Crippen LogP contribution is -2.32. The van der Waals surface area contributed by atoms with E-state index in [0.29, 0.717) is 36.3 Å². The summed E-state index contributed by atoms with van der Waals surface area (Å²) in [5.74, 6) is 0. The van der Waals surface area contributed by atoms with Crippen molar-refractivity contribution in [2.45, 2.75) is 4.90 Å². The van der Waals surface area contributed by atoms with Gasteiger partial charge in [0.2, 0.25) is 10.1 Å². The van der Waals surface area contributed by atoms with Gasteiger partial charge in [-0.15, -0.1) is 5.10 Å². The first-order chi connectivity index (χ1) is 12.9. The van der Waals surface area contributed by atoms with Crippen molar-refractivity contribution in [3.63, 3.8) is 0 Å². The summed E-state index contributed by atoms with van der Waals surface area (Å²) in [4.78, 5) is 18.6. The van der Waals surface area contributed by atoms with Crippen LogP contribution in [0.15, 0.2) is 35.4 Å². The number of carbonyl (C=O) groups excluding carboxylic acids is 1. The van der Waals surface area contributed by atoms with Crippen LogP contribution in [-0.2, 0) is 9.84 Å². The van der Waals surface area contributed by atoms with Gasteiger partial charge in [0, 0.05) is 38.0 Å². The predicted octanol–water partition coefficient (Wildman–Crippen LogP) is 1.30. The molecule has 0 bridgehead atoms. The number of rotatable bonds is 6. The van der Waals surface area contributed by atoms with Crippen LogP contribution in [0.4, 0.5) is 9.93 Å². The third-order valence-corrected chi connectivity index (χ3v) is 6.24. The maximum absolute atomic E-state index is 11.8. The van der Waals surface area contributed by atoms with Gasteiger partial charge in [0.1, 0.15) is 0 Å². The number of hydrogen-bond acceptors (Lipinski definition) is 7. The Morgan fingerprint density at radius 3 is 2.96 bits per heavy atom. The van der Waals surface area contributed by atoms with E-state index in [9.17, 15) is 13.2 Å². The number of nitrogens with zero attached hydrogens (tertiary/aromatic N) is 4. The van der Waals surface area contributed by atoms with Crippen molar-refractivity contribution >= 4 is 37.3 Å². The lowest BCUT2D eigenvalue weighted by atomic mass is 10.2. The Bertz CT molecular complexity index is 1100. The number of amides is 2. The van der Waals surface area contributed by atoms with Crippen molar-refractivity contribution < 1.29 is 13.2 Å². The molecular weight excluding hydrogens is 388 g/mol. The zero-order valence-electron chi connectivity index (χ0n) is 14.5. The van der Waals surface area contributed by atoms with Crippen LogP contribution < -0.4 is 10.6 Å². The number of anilines is 1. The van der Waals surface area contributed by atoms with Crippen LogP contribution in [0, 0.1) is 0 Å². The molecule has 1 aliphatic heterocycles. The number of sulfone groups is 1. The number of imidazole rings is 1. The average Bonchev–Trinajstić information content (AvgIpc) is 3.30. The molecule has 0 radical (unpaired) electrons. The van der Waals surface area contributed by atoms with Crippen LogP contribution >= 0.6 is 11.3 Å². The molecular formula is C16H18N6O3S2. The van der Waals surface area contributed by atoms with Crippen LogP contribution in [0.5, 0.6) is 0 Å². The fourth-order valence-corrected chi connectivity index (χ4v) is 4.34. The minimum absolute atomic E-state index is 0.0428. The standard InChI is InChI=1S/C16H18N6O3S2/c1-27(24,25)12-4-2-3-11(9-12)13-10-19-16-22(13)20-14(26-16)17-5-7-21-8-6-18-15(21)23/h2-4,9-10H,5-8H2,1H3,(H,17,20)(H,18,23). The number of nitrogens with one attached hydrogen (secondary N) is 2. The maximum Gasteiger partial charge on any atom is 0.317 e. The summed E-state index contributed by atoms with van der Waals surface area (Å²) in [5.41, 5.74) is 1.45. The monoisotopic (exact) mass is 406 g/mol. The molecule has 0 saturated carbocycles. The number of carbonyl (C=O) groups is 1. The van der Waals surface area contributed by atoms with Crippen LogP contribution in [0.3, 0.4) is 0 Å². The predicted molar refractivity (Wildman–Crippen MR) is 103 cm³/mol. The maximum atomic E-state index is 11.8. The highest BCUT2D eigenvalue weighted by Crippen LogP contribution is 2.27. The Morgan fingerprint density at radius 2 is 2.22 bits per heavy atom. The molecule has 1 fully saturated rings. The number of urea groups is 1. The van der Waals surface area contributed by atoms with Gasteiger partial charge in [-0.1, -0.05) is 23.5 Å².